The van der Waals surface area contributed by atoms with Crippen molar-refractivity contribution in [2.45, 2.75) is 30.5 Å². The van der Waals surface area contributed by atoms with Gasteiger partial charge in [0.2, 0.25) is 10.0 Å². The predicted octanol–water partition coefficient (Wildman–Crippen LogP) is 5.91. The molecule has 0 bridgehead atoms. The number of hydrogen-bond acceptors (Lipinski definition) is 6. The van der Waals surface area contributed by atoms with Crippen molar-refractivity contribution in [3.8, 4) is 17.0 Å². The predicted molar refractivity (Wildman–Crippen MR) is 143 cm³/mol. The van der Waals surface area contributed by atoms with E-state index in [0.717, 1.165) is 17.7 Å². The van der Waals surface area contributed by atoms with Crippen LogP contribution < -0.4 is 14.8 Å². The van der Waals surface area contributed by atoms with E-state index < -0.39 is 26.7 Å². The molecule has 0 unspecified atom stereocenters. The van der Waals surface area contributed by atoms with E-state index in [-0.39, 0.29) is 18.8 Å². The summed E-state index contributed by atoms with van der Waals surface area (Å²) < 4.78 is 74.2. The lowest BCUT2D eigenvalue weighted by molar-refractivity contribution is -0.137. The van der Waals surface area contributed by atoms with Crippen molar-refractivity contribution >= 4 is 15.7 Å². The number of unbranched alkanes of at least 4 members (excludes halogenated alkanes) is 1. The van der Waals surface area contributed by atoms with E-state index in [1.165, 1.54) is 6.20 Å². The number of nitrogens with zero attached hydrogens (tertiary/aromatic N) is 2. The number of para-hydroxylation sites is 1. The van der Waals surface area contributed by atoms with Gasteiger partial charge < -0.3 is 10.1 Å². The van der Waals surface area contributed by atoms with E-state index in [1.807, 2.05) is 60.7 Å². The first-order chi connectivity index (χ1) is 18.7. The fraction of sp³-hybridized carbons (Fsp3) is 0.214. The Balaban J connectivity index is 1.40. The zero-order valence-electron chi connectivity index (χ0n) is 20.9. The van der Waals surface area contributed by atoms with Crippen LogP contribution >= 0.6 is 0 Å². The van der Waals surface area contributed by atoms with E-state index in [4.69, 9.17) is 4.74 Å². The highest BCUT2D eigenvalue weighted by Gasteiger charge is 2.33. The highest BCUT2D eigenvalue weighted by molar-refractivity contribution is 7.89. The minimum absolute atomic E-state index is 0.0249. The van der Waals surface area contributed by atoms with Gasteiger partial charge in [0.15, 0.2) is 0 Å². The summed E-state index contributed by atoms with van der Waals surface area (Å²) in [4.78, 5) is 8.21. The van der Waals surface area contributed by atoms with Gasteiger partial charge in [-0.05, 0) is 43.2 Å². The molecule has 1 aromatic heterocycles. The third-order valence-electron chi connectivity index (χ3n) is 5.71. The van der Waals surface area contributed by atoms with Crippen molar-refractivity contribution in [2.75, 3.05) is 18.5 Å². The fourth-order valence-electron chi connectivity index (χ4n) is 3.67. The quantitative estimate of drug-likeness (QED) is 0.211. The molecular weight excluding hydrogens is 529 g/mol. The number of alkyl halides is 3. The third kappa shape index (κ3) is 8.01. The third-order valence-corrected chi connectivity index (χ3v) is 7.21. The minimum atomic E-state index is -4.70. The van der Waals surface area contributed by atoms with E-state index in [0.29, 0.717) is 42.7 Å². The number of hydrogen-bond donors (Lipinski definition) is 2. The minimum Gasteiger partial charge on any atom is -0.494 e. The monoisotopic (exact) mass is 556 g/mol. The van der Waals surface area contributed by atoms with Crippen LogP contribution in [0, 0.1) is 0 Å². The zero-order valence-corrected chi connectivity index (χ0v) is 21.7. The highest BCUT2D eigenvalue weighted by Crippen LogP contribution is 2.33. The summed E-state index contributed by atoms with van der Waals surface area (Å²) in [5, 5.41) is 2.89. The summed E-state index contributed by atoms with van der Waals surface area (Å²) >= 11 is 0. The Kier molecular flexibility index (Phi) is 9.15. The van der Waals surface area contributed by atoms with Crippen molar-refractivity contribution in [1.29, 1.82) is 0 Å². The molecule has 0 fully saturated rings. The number of halogens is 3. The van der Waals surface area contributed by atoms with Gasteiger partial charge in [-0.1, -0.05) is 48.5 Å². The van der Waals surface area contributed by atoms with Crippen LogP contribution in [0.25, 0.3) is 11.3 Å². The highest BCUT2D eigenvalue weighted by atomic mass is 32.2. The molecule has 0 aliphatic rings. The molecular formula is C28H27F3N4O3S. The number of ether oxygens (including phenoxy) is 1. The van der Waals surface area contributed by atoms with E-state index >= 15 is 0 Å². The van der Waals surface area contributed by atoms with E-state index in [2.05, 4.69) is 20.0 Å². The second-order valence-corrected chi connectivity index (χ2v) is 10.3. The SMILES string of the molecule is O=S(=O)(NCCCCOc1ccccc1)c1cc(C(F)(F)F)ccc1NCc1cnc(-c2ccccc2)cn1. The van der Waals surface area contributed by atoms with Crippen molar-refractivity contribution in [3.05, 3.63) is 103 Å². The molecule has 1 heterocycles. The lowest BCUT2D eigenvalue weighted by Crippen LogP contribution is -2.26. The van der Waals surface area contributed by atoms with Crippen LogP contribution in [0.3, 0.4) is 0 Å². The Bertz CT molecular complexity index is 1450. The van der Waals surface area contributed by atoms with E-state index in [9.17, 15) is 21.6 Å². The van der Waals surface area contributed by atoms with Crippen LogP contribution in [0.4, 0.5) is 18.9 Å². The lowest BCUT2D eigenvalue weighted by Gasteiger charge is -2.16. The van der Waals surface area contributed by atoms with Crippen molar-refractivity contribution in [3.63, 3.8) is 0 Å². The summed E-state index contributed by atoms with van der Waals surface area (Å²) in [6, 6.07) is 21.2. The Morgan fingerprint density at radius 2 is 1.56 bits per heavy atom. The van der Waals surface area contributed by atoms with Gasteiger partial charge in [0.25, 0.3) is 0 Å². The molecule has 0 amide bonds. The molecule has 0 saturated carbocycles. The number of benzene rings is 3. The first kappa shape index (κ1) is 28.1. The summed E-state index contributed by atoms with van der Waals surface area (Å²) in [6.07, 6.45) is -0.584. The van der Waals surface area contributed by atoms with E-state index in [1.54, 1.807) is 6.20 Å². The maximum Gasteiger partial charge on any atom is 0.416 e. The van der Waals surface area contributed by atoms with Gasteiger partial charge in [0.1, 0.15) is 10.6 Å². The largest absolute Gasteiger partial charge is 0.494 e. The van der Waals surface area contributed by atoms with Gasteiger partial charge in [0.05, 0.1) is 48.2 Å². The van der Waals surface area contributed by atoms with Gasteiger partial charge in [-0.3, -0.25) is 9.97 Å². The van der Waals surface area contributed by atoms with Crippen LogP contribution in [0.5, 0.6) is 5.75 Å². The number of sulfonamides is 1. The molecule has 0 aliphatic heterocycles. The Hall–Kier alpha value is -3.96. The number of aromatic nitrogens is 2. The Labute approximate surface area is 225 Å². The van der Waals surface area contributed by atoms with Crippen LogP contribution in [-0.4, -0.2) is 31.5 Å². The molecule has 39 heavy (non-hydrogen) atoms. The average molecular weight is 557 g/mol. The molecule has 2 N–H and O–H groups in total. The molecule has 0 spiro atoms. The maximum atomic E-state index is 13.4. The lowest BCUT2D eigenvalue weighted by atomic mass is 10.2. The smallest absolute Gasteiger partial charge is 0.416 e. The molecule has 0 atom stereocenters. The molecule has 0 saturated heterocycles. The second kappa shape index (κ2) is 12.7. The van der Waals surface area contributed by atoms with Crippen molar-refractivity contribution < 1.29 is 26.3 Å². The molecule has 0 radical (unpaired) electrons. The molecule has 4 aromatic rings. The Morgan fingerprint density at radius 3 is 2.23 bits per heavy atom. The molecule has 4 rings (SSSR count). The van der Waals surface area contributed by atoms with Crippen LogP contribution in [0.1, 0.15) is 24.1 Å². The molecule has 7 nitrogen and oxygen atoms in total. The standard InChI is InChI=1S/C28H27F3N4O3S/c29-28(30,31)22-13-14-25(33-18-23-19-34-26(20-32-23)21-9-3-1-4-10-21)27(17-22)39(36,37)35-15-7-8-16-38-24-11-5-2-6-12-24/h1-6,9-14,17,19-20,33,35H,7-8,15-16,18H2. The van der Waals surface area contributed by atoms with Crippen LogP contribution in [-0.2, 0) is 22.7 Å². The zero-order chi connectivity index (χ0) is 27.7. The van der Waals surface area contributed by atoms with Gasteiger partial charge in [-0.15, -0.1) is 0 Å². The topological polar surface area (TPSA) is 93.2 Å². The molecule has 3 aromatic carbocycles. The molecule has 0 aliphatic carbocycles. The number of rotatable bonds is 12. The van der Waals surface area contributed by atoms with Crippen LogP contribution in [0.2, 0.25) is 0 Å². The Morgan fingerprint density at radius 1 is 0.846 bits per heavy atom. The normalized spacial score (nSPS) is 11.8. The molecule has 204 valence electrons. The van der Waals surface area contributed by atoms with Crippen LogP contribution in [0.15, 0.2) is 96.2 Å². The maximum absolute atomic E-state index is 13.4. The van der Waals surface area contributed by atoms with Gasteiger partial charge in [-0.2, -0.15) is 13.2 Å². The fourth-order valence-corrected chi connectivity index (χ4v) is 4.96. The first-order valence-electron chi connectivity index (χ1n) is 12.2. The summed E-state index contributed by atoms with van der Waals surface area (Å²) in [5.74, 6) is 0.706. The van der Waals surface area contributed by atoms with Crippen molar-refractivity contribution in [2.24, 2.45) is 0 Å². The number of nitrogens with one attached hydrogen (secondary N) is 2. The first-order valence-corrected chi connectivity index (χ1v) is 13.7. The summed E-state index contributed by atoms with van der Waals surface area (Å²) in [5.41, 5.74) is 1.01. The summed E-state index contributed by atoms with van der Waals surface area (Å²) in [7, 11) is -4.25. The van der Waals surface area contributed by atoms with Gasteiger partial charge in [0, 0.05) is 12.1 Å². The molecule has 11 heteroatoms. The second-order valence-electron chi connectivity index (χ2n) is 8.59. The summed E-state index contributed by atoms with van der Waals surface area (Å²) in [6.45, 7) is 0.488. The average Bonchev–Trinajstić information content (AvgIpc) is 2.94. The van der Waals surface area contributed by atoms with Gasteiger partial charge in [-0.25, -0.2) is 13.1 Å². The van der Waals surface area contributed by atoms with Gasteiger partial charge >= 0.3 is 6.18 Å². The van der Waals surface area contributed by atoms with Crippen molar-refractivity contribution in [1.82, 2.24) is 14.7 Å². The number of anilines is 1.